The summed E-state index contributed by atoms with van der Waals surface area (Å²) in [5.74, 6) is -0.627. The van der Waals surface area contributed by atoms with Gasteiger partial charge in [0.25, 0.3) is 0 Å². The van der Waals surface area contributed by atoms with Crippen LogP contribution in [0, 0.1) is 11.8 Å². The van der Waals surface area contributed by atoms with Crippen LogP contribution in [0.4, 0.5) is 0 Å². The molecule has 0 radical (unpaired) electrons. The third kappa shape index (κ3) is 12.0. The summed E-state index contributed by atoms with van der Waals surface area (Å²) in [5.41, 5.74) is 10.6. The maximum absolute atomic E-state index is 12.6. The van der Waals surface area contributed by atoms with E-state index in [1.165, 1.54) is 0 Å². The fourth-order valence-electron chi connectivity index (χ4n) is 4.02. The number of carbonyl (C=O) groups is 2. The lowest BCUT2D eigenvalue weighted by molar-refractivity contribution is -0.129. The summed E-state index contributed by atoms with van der Waals surface area (Å²) in [7, 11) is 0. The van der Waals surface area contributed by atoms with E-state index in [0.717, 1.165) is 0 Å². The Morgan fingerprint density at radius 2 is 0.963 bits per heavy atom. The molecule has 0 aliphatic heterocycles. The van der Waals surface area contributed by atoms with Gasteiger partial charge in [0, 0.05) is 34.0 Å². The van der Waals surface area contributed by atoms with Gasteiger partial charge in [0.2, 0.25) is 11.8 Å². The molecule has 0 rings (SSSR count). The van der Waals surface area contributed by atoms with Gasteiger partial charge >= 0.3 is 0 Å². The van der Waals surface area contributed by atoms with Crippen LogP contribution in [0.5, 0.6) is 0 Å². The third-order valence-corrected chi connectivity index (χ3v) is 4.32. The zero-order valence-electron chi connectivity index (χ0n) is 19.2. The van der Waals surface area contributed by atoms with Crippen molar-refractivity contribution >= 4 is 11.8 Å². The number of hydrogen-bond acceptors (Lipinski definition) is 4. The molecule has 27 heavy (non-hydrogen) atoms. The molecular weight excluding hydrogens is 340 g/mol. The number of nitrogens with two attached hydrogens (primary N) is 2. The van der Waals surface area contributed by atoms with Crippen molar-refractivity contribution in [3.05, 3.63) is 0 Å². The molecule has 6 N–H and O–H groups in total. The largest absolute Gasteiger partial charge is 0.351 e. The predicted octanol–water partition coefficient (Wildman–Crippen LogP) is 2.69. The average molecular weight is 385 g/mol. The minimum Gasteiger partial charge on any atom is -0.351 e. The summed E-state index contributed by atoms with van der Waals surface area (Å²) in [5, 5.41) is 6.14. The number of rotatable bonds is 10. The van der Waals surface area contributed by atoms with Crippen LogP contribution in [-0.4, -0.2) is 34.0 Å². The van der Waals surface area contributed by atoms with E-state index in [9.17, 15) is 9.59 Å². The zero-order chi connectivity index (χ0) is 21.8. The Labute approximate surface area is 166 Å². The minimum absolute atomic E-state index is 0.0498. The first kappa shape index (κ1) is 25.9. The van der Waals surface area contributed by atoms with Crippen molar-refractivity contribution in [2.24, 2.45) is 23.3 Å². The van der Waals surface area contributed by atoms with Crippen LogP contribution in [0.3, 0.4) is 0 Å². The van der Waals surface area contributed by atoms with Gasteiger partial charge in [-0.15, -0.1) is 0 Å². The third-order valence-electron chi connectivity index (χ3n) is 4.32. The summed E-state index contributed by atoms with van der Waals surface area (Å²) >= 11 is 0. The normalized spacial score (nSPS) is 15.9. The van der Waals surface area contributed by atoms with Gasteiger partial charge in [0.1, 0.15) is 0 Å². The van der Waals surface area contributed by atoms with Gasteiger partial charge in [-0.25, -0.2) is 0 Å². The summed E-state index contributed by atoms with van der Waals surface area (Å²) in [4.78, 5) is 25.2. The molecule has 2 unspecified atom stereocenters. The van der Waals surface area contributed by atoms with Gasteiger partial charge in [-0.3, -0.25) is 9.59 Å². The Morgan fingerprint density at radius 3 is 1.19 bits per heavy atom. The molecule has 0 bridgehead atoms. The highest BCUT2D eigenvalue weighted by molar-refractivity contribution is 5.82. The monoisotopic (exact) mass is 384 g/mol. The fraction of sp³-hybridized carbons (Fsp3) is 0.905. The molecule has 0 saturated carbocycles. The maximum atomic E-state index is 12.6. The molecule has 0 aromatic heterocycles. The van der Waals surface area contributed by atoms with E-state index in [4.69, 9.17) is 11.5 Å². The van der Waals surface area contributed by atoms with E-state index in [1.807, 2.05) is 69.2 Å². The van der Waals surface area contributed by atoms with Gasteiger partial charge in [0.15, 0.2) is 0 Å². The molecule has 2 atom stereocenters. The first-order chi connectivity index (χ1) is 11.7. The molecule has 0 heterocycles. The van der Waals surface area contributed by atoms with Crippen LogP contribution in [0.2, 0.25) is 0 Å². The topological polar surface area (TPSA) is 110 Å². The van der Waals surface area contributed by atoms with E-state index < -0.39 is 11.1 Å². The summed E-state index contributed by atoms with van der Waals surface area (Å²) in [6, 6.07) is 0. The number of nitrogens with one attached hydrogen (secondary N) is 2. The molecular formula is C21H44N4O2. The lowest BCUT2D eigenvalue weighted by Gasteiger charge is -2.35. The van der Waals surface area contributed by atoms with E-state index in [0.29, 0.717) is 19.3 Å². The number of carbonyl (C=O) groups excluding carboxylic acids is 2. The van der Waals surface area contributed by atoms with Crippen molar-refractivity contribution in [1.29, 1.82) is 0 Å². The van der Waals surface area contributed by atoms with Gasteiger partial charge in [0.05, 0.1) is 0 Å². The van der Waals surface area contributed by atoms with Crippen LogP contribution in [-0.2, 0) is 9.59 Å². The van der Waals surface area contributed by atoms with Crippen molar-refractivity contribution in [2.45, 2.75) is 111 Å². The van der Waals surface area contributed by atoms with Crippen molar-refractivity contribution in [3.63, 3.8) is 0 Å². The van der Waals surface area contributed by atoms with Crippen molar-refractivity contribution in [3.8, 4) is 0 Å². The van der Waals surface area contributed by atoms with Crippen molar-refractivity contribution in [1.82, 2.24) is 10.6 Å². The second kappa shape index (κ2) is 8.91. The standard InChI is InChI=1S/C21H44N4O2/c1-14(16(26)24-20(7,8)12-18(3,4)22)11-15(2)17(27)25-21(9,10)13-19(5,6)23/h14-15H,11-13,22-23H2,1-10H3,(H,24,26)(H,25,27). The van der Waals surface area contributed by atoms with Gasteiger partial charge in [-0.2, -0.15) is 0 Å². The maximum Gasteiger partial charge on any atom is 0.223 e. The van der Waals surface area contributed by atoms with Crippen molar-refractivity contribution in [2.75, 3.05) is 0 Å². The van der Waals surface area contributed by atoms with Crippen LogP contribution < -0.4 is 22.1 Å². The molecule has 6 nitrogen and oxygen atoms in total. The average Bonchev–Trinajstić information content (AvgIpc) is 2.30. The Hall–Kier alpha value is -1.14. The Morgan fingerprint density at radius 1 is 0.704 bits per heavy atom. The number of amides is 2. The highest BCUT2D eigenvalue weighted by Gasteiger charge is 2.32. The Bertz CT molecular complexity index is 467. The molecule has 0 spiro atoms. The Kier molecular flexibility index (Phi) is 8.53. The fourth-order valence-corrected chi connectivity index (χ4v) is 4.02. The second-order valence-electron chi connectivity index (χ2n) is 11.1. The first-order valence-electron chi connectivity index (χ1n) is 9.95. The van der Waals surface area contributed by atoms with Crippen LogP contribution in [0.15, 0.2) is 0 Å². The van der Waals surface area contributed by atoms with E-state index in [1.54, 1.807) is 0 Å². The molecule has 0 saturated heterocycles. The SMILES string of the molecule is CC(CC(C)C(=O)NC(C)(C)CC(C)(C)N)C(=O)NC(C)(C)CC(C)(C)N. The molecule has 6 heteroatoms. The quantitative estimate of drug-likeness (QED) is 0.464. The summed E-state index contributed by atoms with van der Waals surface area (Å²) < 4.78 is 0. The van der Waals surface area contributed by atoms with E-state index in [-0.39, 0.29) is 34.7 Å². The smallest absolute Gasteiger partial charge is 0.223 e. The second-order valence-corrected chi connectivity index (χ2v) is 11.1. The van der Waals surface area contributed by atoms with Gasteiger partial charge in [-0.05, 0) is 74.7 Å². The lowest BCUT2D eigenvalue weighted by Crippen LogP contribution is -2.53. The molecule has 2 amide bonds. The minimum atomic E-state index is -0.399. The Balaban J connectivity index is 4.74. The highest BCUT2D eigenvalue weighted by atomic mass is 16.2. The lowest BCUT2D eigenvalue weighted by atomic mass is 9.86. The molecule has 0 aliphatic rings. The molecule has 0 aliphatic carbocycles. The van der Waals surface area contributed by atoms with Gasteiger partial charge in [-0.1, -0.05) is 13.8 Å². The zero-order valence-corrected chi connectivity index (χ0v) is 19.2. The highest BCUT2D eigenvalue weighted by Crippen LogP contribution is 2.21. The summed E-state index contributed by atoms with van der Waals surface area (Å²) in [6.45, 7) is 19.4. The predicted molar refractivity (Wildman–Crippen MR) is 113 cm³/mol. The molecule has 0 fully saturated rings. The first-order valence-corrected chi connectivity index (χ1v) is 9.95. The van der Waals surface area contributed by atoms with E-state index in [2.05, 4.69) is 10.6 Å². The number of hydrogen-bond donors (Lipinski definition) is 4. The van der Waals surface area contributed by atoms with Crippen LogP contribution in [0.1, 0.15) is 88.5 Å². The molecule has 160 valence electrons. The summed E-state index contributed by atoms with van der Waals surface area (Å²) in [6.07, 6.45) is 1.82. The van der Waals surface area contributed by atoms with Crippen LogP contribution in [0.25, 0.3) is 0 Å². The van der Waals surface area contributed by atoms with Crippen LogP contribution >= 0.6 is 0 Å². The van der Waals surface area contributed by atoms with Crippen molar-refractivity contribution < 1.29 is 9.59 Å². The molecule has 0 aromatic rings. The van der Waals surface area contributed by atoms with Gasteiger partial charge < -0.3 is 22.1 Å². The van der Waals surface area contributed by atoms with E-state index >= 15 is 0 Å². The molecule has 0 aromatic carbocycles.